The van der Waals surface area contributed by atoms with Gasteiger partial charge in [0, 0.05) is 6.42 Å². The highest BCUT2D eigenvalue weighted by atomic mass is 16.4. The molecular weight excluding hydrogens is 150 g/mol. The first-order chi connectivity index (χ1) is 5.04. The van der Waals surface area contributed by atoms with Crippen molar-refractivity contribution in [2.75, 3.05) is 0 Å². The van der Waals surface area contributed by atoms with Crippen LogP contribution in [0.4, 0.5) is 0 Å². The van der Waals surface area contributed by atoms with Crippen LogP contribution in [0.5, 0.6) is 0 Å². The molecule has 66 valence electrons. The summed E-state index contributed by atoms with van der Waals surface area (Å²) in [6.07, 6.45) is -4.50. The van der Waals surface area contributed by atoms with Crippen molar-refractivity contribution in [1.82, 2.24) is 0 Å². The van der Waals surface area contributed by atoms with Crippen LogP contribution in [-0.2, 0) is 0 Å². The van der Waals surface area contributed by atoms with Gasteiger partial charge in [-0.15, -0.1) is 0 Å². The van der Waals surface area contributed by atoms with Gasteiger partial charge in [-0.2, -0.15) is 0 Å². The Bertz CT molecular complexity index is 129. The Kier molecular flexibility index (Phi) is 2.46. The van der Waals surface area contributed by atoms with Crippen molar-refractivity contribution >= 4 is 0 Å². The number of aliphatic hydroxyl groups is 4. The molecule has 5 nitrogen and oxygen atoms in total. The second-order valence-corrected chi connectivity index (χ2v) is 2.93. The Morgan fingerprint density at radius 3 is 2.00 bits per heavy atom. The average molecular weight is 163 g/mol. The third-order valence-electron chi connectivity index (χ3n) is 2.07. The maximum atomic E-state index is 9.09. The molecule has 1 aliphatic rings. The smallest absolute Gasteiger partial charge is 0.107 e. The lowest BCUT2D eigenvalue weighted by atomic mass is 9.86. The molecule has 1 fully saturated rings. The van der Waals surface area contributed by atoms with E-state index in [9.17, 15) is 0 Å². The zero-order chi connectivity index (χ0) is 8.59. The Labute approximate surface area is 64.1 Å². The summed E-state index contributed by atoms with van der Waals surface area (Å²) in [7, 11) is 0. The first-order valence-corrected chi connectivity index (χ1v) is 3.52. The molecule has 0 spiro atoms. The third-order valence-corrected chi connectivity index (χ3v) is 2.07. The molecule has 0 amide bonds. The summed E-state index contributed by atoms with van der Waals surface area (Å²) < 4.78 is 0. The molecule has 5 atom stereocenters. The molecule has 11 heavy (non-hydrogen) atoms. The van der Waals surface area contributed by atoms with Gasteiger partial charge in [-0.05, 0) is 0 Å². The van der Waals surface area contributed by atoms with E-state index in [2.05, 4.69) is 0 Å². The molecule has 0 saturated heterocycles. The van der Waals surface area contributed by atoms with Crippen LogP contribution < -0.4 is 5.73 Å². The monoisotopic (exact) mass is 163 g/mol. The van der Waals surface area contributed by atoms with Gasteiger partial charge in [0.25, 0.3) is 0 Å². The van der Waals surface area contributed by atoms with E-state index in [4.69, 9.17) is 26.2 Å². The van der Waals surface area contributed by atoms with Crippen molar-refractivity contribution in [3.63, 3.8) is 0 Å². The van der Waals surface area contributed by atoms with Gasteiger partial charge in [-0.1, -0.05) is 0 Å². The predicted octanol–water partition coefficient (Wildman–Crippen LogP) is -2.84. The summed E-state index contributed by atoms with van der Waals surface area (Å²) in [4.78, 5) is 0. The van der Waals surface area contributed by atoms with Crippen LogP contribution in [0.25, 0.3) is 0 Å². The molecule has 0 aromatic heterocycles. The Balaban J connectivity index is 2.63. The maximum absolute atomic E-state index is 9.09. The van der Waals surface area contributed by atoms with E-state index < -0.39 is 30.5 Å². The van der Waals surface area contributed by atoms with E-state index in [0.29, 0.717) is 0 Å². The molecule has 0 radical (unpaired) electrons. The summed E-state index contributed by atoms with van der Waals surface area (Å²) in [5.74, 6) is 0. The van der Waals surface area contributed by atoms with Crippen molar-refractivity contribution in [3.05, 3.63) is 0 Å². The average Bonchev–Trinajstić information content (AvgIpc) is 1.97. The fourth-order valence-electron chi connectivity index (χ4n) is 1.23. The molecule has 0 aromatic carbocycles. The summed E-state index contributed by atoms with van der Waals surface area (Å²) in [5.41, 5.74) is 5.30. The van der Waals surface area contributed by atoms with Gasteiger partial charge in [0.15, 0.2) is 0 Å². The van der Waals surface area contributed by atoms with Gasteiger partial charge < -0.3 is 26.2 Å². The van der Waals surface area contributed by atoms with Gasteiger partial charge in [-0.25, -0.2) is 0 Å². The highest BCUT2D eigenvalue weighted by Gasteiger charge is 2.39. The summed E-state index contributed by atoms with van der Waals surface area (Å²) in [6, 6.07) is -0.867. The molecule has 0 aliphatic heterocycles. The molecular formula is C6H13NO4. The van der Waals surface area contributed by atoms with Gasteiger partial charge in [-0.3, -0.25) is 0 Å². The predicted molar refractivity (Wildman–Crippen MR) is 36.6 cm³/mol. The minimum absolute atomic E-state index is 0.0133. The Hall–Kier alpha value is -0.200. The fraction of sp³-hybridized carbons (Fsp3) is 1.00. The van der Waals surface area contributed by atoms with Crippen LogP contribution in [0.15, 0.2) is 0 Å². The van der Waals surface area contributed by atoms with Gasteiger partial charge >= 0.3 is 0 Å². The Morgan fingerprint density at radius 1 is 0.909 bits per heavy atom. The summed E-state index contributed by atoms with van der Waals surface area (Å²) in [6.45, 7) is 0. The number of aliphatic hydroxyl groups excluding tert-OH is 4. The van der Waals surface area contributed by atoms with E-state index in [-0.39, 0.29) is 6.42 Å². The van der Waals surface area contributed by atoms with E-state index in [1.165, 1.54) is 0 Å². The largest absolute Gasteiger partial charge is 0.391 e. The number of hydrogen-bond donors (Lipinski definition) is 5. The third kappa shape index (κ3) is 1.52. The van der Waals surface area contributed by atoms with Crippen molar-refractivity contribution < 1.29 is 20.4 Å². The first kappa shape index (κ1) is 8.89. The van der Waals surface area contributed by atoms with Gasteiger partial charge in [0.1, 0.15) is 6.10 Å². The Morgan fingerprint density at radius 2 is 1.45 bits per heavy atom. The van der Waals surface area contributed by atoms with Crippen LogP contribution in [0.3, 0.4) is 0 Å². The van der Waals surface area contributed by atoms with E-state index in [1.807, 2.05) is 0 Å². The molecule has 1 aliphatic carbocycles. The van der Waals surface area contributed by atoms with Crippen molar-refractivity contribution in [2.24, 2.45) is 5.73 Å². The second kappa shape index (κ2) is 3.04. The van der Waals surface area contributed by atoms with Gasteiger partial charge in [0.05, 0.1) is 24.4 Å². The SMILES string of the molecule is NC1C(O)CC(O)C(O)C1O. The van der Waals surface area contributed by atoms with Crippen LogP contribution in [0.1, 0.15) is 6.42 Å². The second-order valence-electron chi connectivity index (χ2n) is 2.93. The van der Waals surface area contributed by atoms with Crippen LogP contribution in [-0.4, -0.2) is 50.9 Å². The normalized spacial score (nSPS) is 52.6. The molecule has 0 heterocycles. The molecule has 6 N–H and O–H groups in total. The molecule has 1 saturated carbocycles. The number of rotatable bonds is 0. The molecule has 0 aromatic rings. The lowest BCUT2D eigenvalue weighted by Crippen LogP contribution is -2.59. The van der Waals surface area contributed by atoms with Crippen molar-refractivity contribution in [1.29, 1.82) is 0 Å². The summed E-state index contributed by atoms with van der Waals surface area (Å²) in [5, 5.41) is 36.2. The van der Waals surface area contributed by atoms with Crippen LogP contribution in [0.2, 0.25) is 0 Å². The standard InChI is InChI=1S/C6H13NO4/c7-4-2(8)1-3(9)5(10)6(4)11/h2-6,8-11H,1,7H2. The minimum Gasteiger partial charge on any atom is -0.391 e. The van der Waals surface area contributed by atoms with Crippen molar-refractivity contribution in [2.45, 2.75) is 36.9 Å². The molecule has 5 heteroatoms. The highest BCUT2D eigenvalue weighted by molar-refractivity contribution is 4.94. The summed E-state index contributed by atoms with van der Waals surface area (Å²) >= 11 is 0. The quantitative estimate of drug-likeness (QED) is 0.264. The van der Waals surface area contributed by atoms with E-state index >= 15 is 0 Å². The lowest BCUT2D eigenvalue weighted by Gasteiger charge is -2.36. The number of nitrogens with two attached hydrogens (primary N) is 1. The maximum Gasteiger partial charge on any atom is 0.107 e. The van der Waals surface area contributed by atoms with E-state index in [0.717, 1.165) is 0 Å². The topological polar surface area (TPSA) is 107 Å². The minimum atomic E-state index is -1.24. The van der Waals surface area contributed by atoms with Crippen LogP contribution in [0, 0.1) is 0 Å². The van der Waals surface area contributed by atoms with Crippen LogP contribution >= 0.6 is 0 Å². The van der Waals surface area contributed by atoms with E-state index in [1.54, 1.807) is 0 Å². The number of hydrogen-bond acceptors (Lipinski definition) is 5. The highest BCUT2D eigenvalue weighted by Crippen LogP contribution is 2.18. The molecule has 0 bridgehead atoms. The zero-order valence-corrected chi connectivity index (χ0v) is 5.96. The first-order valence-electron chi connectivity index (χ1n) is 3.52. The molecule has 5 unspecified atom stereocenters. The lowest BCUT2D eigenvalue weighted by molar-refractivity contribution is -0.127. The fourth-order valence-corrected chi connectivity index (χ4v) is 1.23. The molecule has 1 rings (SSSR count). The van der Waals surface area contributed by atoms with Gasteiger partial charge in [0.2, 0.25) is 0 Å². The van der Waals surface area contributed by atoms with Crippen molar-refractivity contribution in [3.8, 4) is 0 Å². The zero-order valence-electron chi connectivity index (χ0n) is 5.96.